The first-order chi connectivity index (χ1) is 9.99. The summed E-state index contributed by atoms with van der Waals surface area (Å²) in [6.07, 6.45) is 3.58. The lowest BCUT2D eigenvalue weighted by atomic mass is 9.74. The zero-order valence-corrected chi connectivity index (χ0v) is 13.1. The second kappa shape index (κ2) is 6.64. The zero-order chi connectivity index (χ0) is 15.5. The van der Waals surface area contributed by atoms with E-state index in [1.807, 2.05) is 4.90 Å². The van der Waals surface area contributed by atoms with Gasteiger partial charge in [0.1, 0.15) is 0 Å². The first-order valence-electron chi connectivity index (χ1n) is 8.02. The number of likely N-dealkylation sites (tertiary alicyclic amines) is 1. The Balaban J connectivity index is 1.88. The Morgan fingerprint density at radius 3 is 2.48 bits per heavy atom. The lowest BCUT2D eigenvalue weighted by Gasteiger charge is -2.42. The van der Waals surface area contributed by atoms with Gasteiger partial charge in [-0.2, -0.15) is 0 Å². The van der Waals surface area contributed by atoms with E-state index in [0.717, 1.165) is 51.9 Å². The largest absolute Gasteiger partial charge is 0.481 e. The number of hydrogen-bond donors (Lipinski definition) is 2. The van der Waals surface area contributed by atoms with Gasteiger partial charge in [-0.25, -0.2) is 4.79 Å². The van der Waals surface area contributed by atoms with Crippen molar-refractivity contribution >= 4 is 12.0 Å². The Labute approximate surface area is 126 Å². The monoisotopic (exact) mass is 297 g/mol. The Hall–Kier alpha value is -1.30. The van der Waals surface area contributed by atoms with Crippen LogP contribution in [0.3, 0.4) is 0 Å². The highest BCUT2D eigenvalue weighted by molar-refractivity contribution is 5.77. The number of amides is 2. The third-order valence-corrected chi connectivity index (χ3v) is 4.95. The molecule has 1 heterocycles. The molecule has 6 heteroatoms. The minimum Gasteiger partial charge on any atom is -0.481 e. The predicted molar refractivity (Wildman–Crippen MR) is 80.3 cm³/mol. The minimum atomic E-state index is -0.836. The Morgan fingerprint density at radius 2 is 2.00 bits per heavy atom. The fourth-order valence-corrected chi connectivity index (χ4v) is 3.51. The van der Waals surface area contributed by atoms with E-state index in [2.05, 4.69) is 24.1 Å². The molecule has 1 atom stereocenters. The highest BCUT2D eigenvalue weighted by atomic mass is 16.4. The molecule has 0 radical (unpaired) electrons. The molecule has 2 aliphatic rings. The minimum absolute atomic E-state index is 0.0338. The maximum Gasteiger partial charge on any atom is 0.317 e. The van der Waals surface area contributed by atoms with Crippen LogP contribution < -0.4 is 5.32 Å². The highest BCUT2D eigenvalue weighted by Gasteiger charge is 2.42. The summed E-state index contributed by atoms with van der Waals surface area (Å²) >= 11 is 0. The fourth-order valence-electron chi connectivity index (χ4n) is 3.51. The molecule has 1 aliphatic heterocycles. The van der Waals surface area contributed by atoms with Crippen molar-refractivity contribution < 1.29 is 14.7 Å². The molecule has 1 saturated heterocycles. The molecule has 0 aromatic rings. The van der Waals surface area contributed by atoms with Gasteiger partial charge in [-0.3, -0.25) is 9.69 Å². The van der Waals surface area contributed by atoms with Crippen LogP contribution in [0.25, 0.3) is 0 Å². The van der Waals surface area contributed by atoms with E-state index in [9.17, 15) is 9.59 Å². The second-order valence-electron chi connectivity index (χ2n) is 6.24. The molecule has 1 saturated carbocycles. The molecule has 0 bridgehead atoms. The van der Waals surface area contributed by atoms with Crippen molar-refractivity contribution in [2.24, 2.45) is 0 Å². The number of hydrogen-bond acceptors (Lipinski definition) is 3. The molecule has 0 aromatic carbocycles. The number of rotatable bonds is 6. The SMILES string of the molecule is CCN(CC)C1CCN(C(=O)NC2(CC(=O)O)CCC2)C1. The van der Waals surface area contributed by atoms with Gasteiger partial charge in [-0.05, 0) is 38.8 Å². The van der Waals surface area contributed by atoms with Crippen molar-refractivity contribution in [3.8, 4) is 0 Å². The van der Waals surface area contributed by atoms with Gasteiger partial charge in [-0.15, -0.1) is 0 Å². The Kier molecular flexibility index (Phi) is 5.08. The number of carboxylic acids is 1. The lowest BCUT2D eigenvalue weighted by molar-refractivity contribution is -0.139. The first kappa shape index (κ1) is 16.1. The summed E-state index contributed by atoms with van der Waals surface area (Å²) in [6, 6.07) is 0.341. The van der Waals surface area contributed by atoms with Crippen molar-refractivity contribution in [1.29, 1.82) is 0 Å². The molecule has 1 unspecified atom stereocenters. The molecule has 1 aliphatic carbocycles. The number of carboxylic acid groups (broad SMARTS) is 1. The highest BCUT2D eigenvalue weighted by Crippen LogP contribution is 2.35. The molecule has 2 rings (SSSR count). The van der Waals surface area contributed by atoms with Crippen LogP contribution in [0.1, 0.15) is 46.0 Å². The molecule has 0 spiro atoms. The van der Waals surface area contributed by atoms with Gasteiger partial charge in [-0.1, -0.05) is 13.8 Å². The molecule has 2 amide bonds. The number of nitrogens with zero attached hydrogens (tertiary/aromatic N) is 2. The van der Waals surface area contributed by atoms with Crippen LogP contribution in [0.2, 0.25) is 0 Å². The van der Waals surface area contributed by atoms with Gasteiger partial charge in [0.05, 0.1) is 12.0 Å². The molecular weight excluding hydrogens is 270 g/mol. The third-order valence-electron chi connectivity index (χ3n) is 4.95. The number of nitrogens with one attached hydrogen (secondary N) is 1. The average Bonchev–Trinajstić information content (AvgIpc) is 2.86. The smallest absolute Gasteiger partial charge is 0.317 e. The zero-order valence-electron chi connectivity index (χ0n) is 13.1. The van der Waals surface area contributed by atoms with Gasteiger partial charge in [0.15, 0.2) is 0 Å². The van der Waals surface area contributed by atoms with Crippen molar-refractivity contribution in [3.05, 3.63) is 0 Å². The van der Waals surface area contributed by atoms with Crippen LogP contribution in [0, 0.1) is 0 Å². The number of likely N-dealkylation sites (N-methyl/N-ethyl adjacent to an activating group) is 1. The lowest BCUT2D eigenvalue weighted by Crippen LogP contribution is -2.58. The van der Waals surface area contributed by atoms with Crippen molar-refractivity contribution in [2.45, 2.75) is 57.5 Å². The van der Waals surface area contributed by atoms with Crippen molar-refractivity contribution in [1.82, 2.24) is 15.1 Å². The molecule has 2 N–H and O–H groups in total. The van der Waals surface area contributed by atoms with Crippen molar-refractivity contribution in [2.75, 3.05) is 26.2 Å². The Morgan fingerprint density at radius 1 is 1.33 bits per heavy atom. The van der Waals surface area contributed by atoms with E-state index in [-0.39, 0.29) is 12.5 Å². The summed E-state index contributed by atoms with van der Waals surface area (Å²) < 4.78 is 0. The van der Waals surface area contributed by atoms with Crippen LogP contribution in [0.5, 0.6) is 0 Å². The first-order valence-corrected chi connectivity index (χ1v) is 8.02. The normalized spacial score (nSPS) is 24.0. The summed E-state index contributed by atoms with van der Waals surface area (Å²) in [5.41, 5.74) is -0.504. The quantitative estimate of drug-likeness (QED) is 0.779. The number of urea groups is 1. The fraction of sp³-hybridized carbons (Fsp3) is 0.867. The molecule has 120 valence electrons. The third kappa shape index (κ3) is 3.67. The molecule has 21 heavy (non-hydrogen) atoms. The van der Waals surface area contributed by atoms with E-state index >= 15 is 0 Å². The van der Waals surface area contributed by atoms with Crippen LogP contribution in [0.15, 0.2) is 0 Å². The topological polar surface area (TPSA) is 72.9 Å². The summed E-state index contributed by atoms with van der Waals surface area (Å²) in [7, 11) is 0. The molecular formula is C15H27N3O3. The second-order valence-corrected chi connectivity index (χ2v) is 6.24. The molecule has 0 aromatic heterocycles. The molecule has 6 nitrogen and oxygen atoms in total. The van der Waals surface area contributed by atoms with E-state index < -0.39 is 11.5 Å². The van der Waals surface area contributed by atoms with Crippen LogP contribution >= 0.6 is 0 Å². The van der Waals surface area contributed by atoms with E-state index in [1.165, 1.54) is 0 Å². The van der Waals surface area contributed by atoms with Crippen molar-refractivity contribution in [3.63, 3.8) is 0 Å². The van der Waals surface area contributed by atoms with Crippen LogP contribution in [-0.2, 0) is 4.79 Å². The Bertz CT molecular complexity index is 392. The van der Waals surface area contributed by atoms with Gasteiger partial charge in [0, 0.05) is 19.1 Å². The maximum atomic E-state index is 12.4. The van der Waals surface area contributed by atoms with E-state index in [4.69, 9.17) is 5.11 Å². The predicted octanol–water partition coefficient (Wildman–Crippen LogP) is 1.51. The average molecular weight is 297 g/mol. The van der Waals surface area contributed by atoms with E-state index in [0.29, 0.717) is 6.04 Å². The maximum absolute atomic E-state index is 12.4. The van der Waals surface area contributed by atoms with Crippen LogP contribution in [0.4, 0.5) is 4.79 Å². The van der Waals surface area contributed by atoms with Gasteiger partial charge in [0.25, 0.3) is 0 Å². The molecule has 2 fully saturated rings. The number of aliphatic carboxylic acids is 1. The standard InChI is InChI=1S/C15H27N3O3/c1-3-17(4-2)12-6-9-18(11-12)14(21)16-15(7-5-8-15)10-13(19)20/h12H,3-11H2,1-2H3,(H,16,21)(H,19,20). The summed E-state index contributed by atoms with van der Waals surface area (Å²) in [5, 5.41) is 12.0. The summed E-state index contributed by atoms with van der Waals surface area (Å²) in [6.45, 7) is 7.79. The summed E-state index contributed by atoms with van der Waals surface area (Å²) in [4.78, 5) is 27.6. The van der Waals surface area contributed by atoms with Gasteiger partial charge >= 0.3 is 12.0 Å². The van der Waals surface area contributed by atoms with E-state index in [1.54, 1.807) is 0 Å². The summed E-state index contributed by atoms with van der Waals surface area (Å²) in [5.74, 6) is -0.836. The van der Waals surface area contributed by atoms with Gasteiger partial charge in [0.2, 0.25) is 0 Å². The number of carbonyl (C=O) groups is 2. The van der Waals surface area contributed by atoms with Gasteiger partial charge < -0.3 is 15.3 Å². The van der Waals surface area contributed by atoms with Crippen LogP contribution in [-0.4, -0.2) is 64.7 Å². The number of carbonyl (C=O) groups excluding carboxylic acids is 1.